The molecule has 0 unspecified atom stereocenters. The largest absolute Gasteiger partial charge is 0.404 e. The zero-order valence-electron chi connectivity index (χ0n) is 9.56. The maximum absolute atomic E-state index is 8.63. The van der Waals surface area contributed by atoms with E-state index in [0.717, 1.165) is 17.6 Å². The van der Waals surface area contributed by atoms with Crippen molar-refractivity contribution in [2.45, 2.75) is 13.3 Å². The number of aliphatic hydroxyl groups excluding tert-OH is 1. The van der Waals surface area contributed by atoms with Crippen molar-refractivity contribution in [1.29, 1.82) is 0 Å². The summed E-state index contributed by atoms with van der Waals surface area (Å²) in [5, 5.41) is 8.63. The van der Waals surface area contributed by atoms with Gasteiger partial charge in [-0.1, -0.05) is 31.2 Å². The second kappa shape index (κ2) is 6.80. The Kier molecular flexibility index (Phi) is 5.29. The van der Waals surface area contributed by atoms with Gasteiger partial charge in [-0.15, -0.1) is 0 Å². The van der Waals surface area contributed by atoms with Gasteiger partial charge in [0, 0.05) is 18.0 Å². The number of aryl methyl sites for hydroxylation is 1. The van der Waals surface area contributed by atoms with Crippen LogP contribution in [-0.4, -0.2) is 24.5 Å². The van der Waals surface area contributed by atoms with Crippen molar-refractivity contribution in [3.05, 3.63) is 41.6 Å². The average molecular weight is 218 g/mol. The van der Waals surface area contributed by atoms with Gasteiger partial charge >= 0.3 is 0 Å². The molecule has 1 aromatic rings. The second-order valence-corrected chi connectivity index (χ2v) is 3.43. The first-order valence-electron chi connectivity index (χ1n) is 5.43. The van der Waals surface area contributed by atoms with Crippen LogP contribution in [0.3, 0.4) is 0 Å². The monoisotopic (exact) mass is 218 g/mol. The molecule has 0 aliphatic carbocycles. The van der Waals surface area contributed by atoms with E-state index in [0.29, 0.717) is 6.54 Å². The van der Waals surface area contributed by atoms with Gasteiger partial charge in [-0.3, -0.25) is 4.99 Å². The summed E-state index contributed by atoms with van der Waals surface area (Å²) in [7, 11) is 0. The average Bonchev–Trinajstić information content (AvgIpc) is 2.35. The summed E-state index contributed by atoms with van der Waals surface area (Å²) < 4.78 is 0. The summed E-state index contributed by atoms with van der Waals surface area (Å²) in [4.78, 5) is 4.06. The summed E-state index contributed by atoms with van der Waals surface area (Å²) in [6.07, 6.45) is 4.25. The zero-order chi connectivity index (χ0) is 11.8. The number of allylic oxidation sites excluding steroid dienone is 1. The van der Waals surface area contributed by atoms with E-state index in [1.165, 1.54) is 11.8 Å². The fraction of sp³-hybridized carbons (Fsp3) is 0.308. The fourth-order valence-corrected chi connectivity index (χ4v) is 1.37. The number of nitrogens with zero attached hydrogens (tertiary/aromatic N) is 1. The van der Waals surface area contributed by atoms with Gasteiger partial charge in [-0.05, 0) is 17.5 Å². The summed E-state index contributed by atoms with van der Waals surface area (Å²) in [5.74, 6) is 0. The molecule has 0 spiro atoms. The smallest absolute Gasteiger partial charge is 0.0626 e. The van der Waals surface area contributed by atoms with Gasteiger partial charge in [0.1, 0.15) is 0 Å². The van der Waals surface area contributed by atoms with Crippen molar-refractivity contribution in [1.82, 2.24) is 0 Å². The molecule has 86 valence electrons. The lowest BCUT2D eigenvalue weighted by atomic mass is 10.0. The molecule has 0 aromatic heterocycles. The highest BCUT2D eigenvalue weighted by Gasteiger charge is 1.97. The van der Waals surface area contributed by atoms with Gasteiger partial charge < -0.3 is 10.8 Å². The quantitative estimate of drug-likeness (QED) is 0.738. The van der Waals surface area contributed by atoms with Gasteiger partial charge in [-0.25, -0.2) is 0 Å². The summed E-state index contributed by atoms with van der Waals surface area (Å²) >= 11 is 0. The van der Waals surface area contributed by atoms with E-state index < -0.39 is 0 Å². The second-order valence-electron chi connectivity index (χ2n) is 3.43. The molecular weight excluding hydrogens is 200 g/mol. The topological polar surface area (TPSA) is 58.6 Å². The van der Waals surface area contributed by atoms with E-state index in [1.807, 2.05) is 12.1 Å². The van der Waals surface area contributed by atoms with Crippen molar-refractivity contribution in [3.63, 3.8) is 0 Å². The van der Waals surface area contributed by atoms with Crippen LogP contribution in [0.25, 0.3) is 5.57 Å². The third-order valence-electron chi connectivity index (χ3n) is 2.33. The first-order valence-corrected chi connectivity index (χ1v) is 5.43. The highest BCUT2D eigenvalue weighted by Crippen LogP contribution is 2.13. The van der Waals surface area contributed by atoms with Gasteiger partial charge in [0.15, 0.2) is 0 Å². The van der Waals surface area contributed by atoms with Crippen LogP contribution in [0.2, 0.25) is 0 Å². The number of benzene rings is 1. The molecule has 0 aliphatic rings. The van der Waals surface area contributed by atoms with E-state index in [4.69, 9.17) is 10.8 Å². The lowest BCUT2D eigenvalue weighted by molar-refractivity contribution is 0.307. The van der Waals surface area contributed by atoms with Gasteiger partial charge in [0.05, 0.1) is 13.2 Å². The van der Waals surface area contributed by atoms with Crippen LogP contribution in [0.5, 0.6) is 0 Å². The predicted octanol–water partition coefficient (Wildman–Crippen LogP) is 1.61. The Morgan fingerprint density at radius 2 is 2.06 bits per heavy atom. The Morgan fingerprint density at radius 1 is 1.38 bits per heavy atom. The number of aliphatic hydroxyl groups is 1. The van der Waals surface area contributed by atoms with Crippen molar-refractivity contribution < 1.29 is 5.11 Å². The van der Waals surface area contributed by atoms with E-state index in [2.05, 4.69) is 24.0 Å². The number of aliphatic imine (C=N–C) groups is 1. The van der Waals surface area contributed by atoms with E-state index >= 15 is 0 Å². The lowest BCUT2D eigenvalue weighted by Crippen LogP contribution is -1.94. The van der Waals surface area contributed by atoms with Crippen LogP contribution >= 0.6 is 0 Å². The molecule has 1 aromatic carbocycles. The first kappa shape index (κ1) is 12.5. The molecule has 3 N–H and O–H groups in total. The molecule has 0 atom stereocenters. The Bertz CT molecular complexity index is 366. The summed E-state index contributed by atoms with van der Waals surface area (Å²) in [5.41, 5.74) is 8.75. The SMILES string of the molecule is CCc1ccc(/C(C=NCCO)=C/N)cc1. The van der Waals surface area contributed by atoms with Gasteiger partial charge in [0.25, 0.3) is 0 Å². The maximum Gasteiger partial charge on any atom is 0.0626 e. The molecule has 0 aliphatic heterocycles. The highest BCUT2D eigenvalue weighted by atomic mass is 16.3. The van der Waals surface area contributed by atoms with Crippen LogP contribution in [0.1, 0.15) is 18.1 Å². The number of rotatable bonds is 5. The third kappa shape index (κ3) is 3.51. The molecule has 1 rings (SSSR count). The van der Waals surface area contributed by atoms with Crippen molar-refractivity contribution in [3.8, 4) is 0 Å². The van der Waals surface area contributed by atoms with Crippen LogP contribution in [0.15, 0.2) is 35.5 Å². The fourth-order valence-electron chi connectivity index (χ4n) is 1.37. The highest BCUT2D eigenvalue weighted by molar-refractivity contribution is 6.09. The molecule has 0 bridgehead atoms. The Hall–Kier alpha value is -1.61. The standard InChI is InChI=1S/C13H18N2O/c1-2-11-3-5-12(6-4-11)13(9-14)10-15-7-8-16/h3-6,9-10,16H,2,7-8,14H2,1H3/b13-9+,15-10?. The first-order chi connectivity index (χ1) is 7.81. The minimum Gasteiger partial charge on any atom is -0.404 e. The van der Waals surface area contributed by atoms with Gasteiger partial charge in [-0.2, -0.15) is 0 Å². The Labute approximate surface area is 96.3 Å². The predicted molar refractivity (Wildman–Crippen MR) is 68.4 cm³/mol. The minimum atomic E-state index is 0.0587. The minimum absolute atomic E-state index is 0.0587. The molecule has 3 nitrogen and oxygen atoms in total. The number of nitrogens with two attached hydrogens (primary N) is 1. The van der Waals surface area contributed by atoms with Crippen LogP contribution in [0, 0.1) is 0 Å². The molecule has 0 saturated heterocycles. The molecule has 16 heavy (non-hydrogen) atoms. The summed E-state index contributed by atoms with van der Waals surface area (Å²) in [6, 6.07) is 8.22. The van der Waals surface area contributed by atoms with Crippen LogP contribution in [-0.2, 0) is 6.42 Å². The molecule has 0 saturated carbocycles. The van der Waals surface area contributed by atoms with Crippen LogP contribution in [0.4, 0.5) is 0 Å². The van der Waals surface area contributed by atoms with E-state index in [9.17, 15) is 0 Å². The van der Waals surface area contributed by atoms with Crippen molar-refractivity contribution >= 4 is 11.8 Å². The van der Waals surface area contributed by atoms with E-state index in [-0.39, 0.29) is 6.61 Å². The Balaban J connectivity index is 2.80. The van der Waals surface area contributed by atoms with Crippen molar-refractivity contribution in [2.24, 2.45) is 10.7 Å². The zero-order valence-corrected chi connectivity index (χ0v) is 9.56. The number of hydrogen-bond donors (Lipinski definition) is 2. The molecule has 0 amide bonds. The molecule has 0 radical (unpaired) electrons. The van der Waals surface area contributed by atoms with E-state index in [1.54, 1.807) is 6.21 Å². The Morgan fingerprint density at radius 3 is 2.56 bits per heavy atom. The third-order valence-corrected chi connectivity index (χ3v) is 2.33. The molecular formula is C13H18N2O. The molecule has 0 fully saturated rings. The molecule has 0 heterocycles. The lowest BCUT2D eigenvalue weighted by Gasteiger charge is -2.02. The van der Waals surface area contributed by atoms with Crippen LogP contribution < -0.4 is 5.73 Å². The number of hydrogen-bond acceptors (Lipinski definition) is 3. The summed E-state index contributed by atoms with van der Waals surface area (Å²) in [6.45, 7) is 2.59. The van der Waals surface area contributed by atoms with Gasteiger partial charge in [0.2, 0.25) is 0 Å². The maximum atomic E-state index is 8.63. The molecule has 3 heteroatoms. The van der Waals surface area contributed by atoms with Crippen molar-refractivity contribution in [2.75, 3.05) is 13.2 Å². The normalized spacial score (nSPS) is 12.2.